The van der Waals surface area contributed by atoms with Crippen LogP contribution >= 0.6 is 11.6 Å². The van der Waals surface area contributed by atoms with Gasteiger partial charge in [0, 0.05) is 7.05 Å². The summed E-state index contributed by atoms with van der Waals surface area (Å²) >= 11 is 5.20. The number of aliphatic hydroxyl groups excluding tert-OH is 1. The van der Waals surface area contributed by atoms with Crippen LogP contribution in [0.5, 0.6) is 0 Å². The molecule has 0 aromatic heterocycles. The highest BCUT2D eigenvalue weighted by Gasteiger charge is 1.90. The molecule has 0 aliphatic carbocycles. The van der Waals surface area contributed by atoms with E-state index in [9.17, 15) is 0 Å². The van der Waals surface area contributed by atoms with E-state index in [1.54, 1.807) is 0 Å². The van der Waals surface area contributed by atoms with Crippen molar-refractivity contribution in [3.63, 3.8) is 0 Å². The van der Waals surface area contributed by atoms with Crippen molar-refractivity contribution in [2.75, 3.05) is 7.05 Å². The molecule has 0 unspecified atom stereocenters. The van der Waals surface area contributed by atoms with Crippen LogP contribution in [-0.4, -0.2) is 17.3 Å². The van der Waals surface area contributed by atoms with Crippen molar-refractivity contribution >= 4 is 16.8 Å². The monoisotopic (exact) mass is 119 g/mol. The fourth-order valence-corrected chi connectivity index (χ4v) is 0.129. The molecule has 0 amide bonds. The zero-order valence-corrected chi connectivity index (χ0v) is 4.74. The summed E-state index contributed by atoms with van der Waals surface area (Å²) in [6.45, 7) is 3.12. The molecule has 3 heteroatoms. The van der Waals surface area contributed by atoms with E-state index >= 15 is 0 Å². The van der Waals surface area contributed by atoms with Crippen LogP contribution in [0.15, 0.2) is 17.3 Å². The predicted octanol–water partition coefficient (Wildman–Crippen LogP) is 1.33. The molecule has 0 fully saturated rings. The van der Waals surface area contributed by atoms with Crippen LogP contribution in [0.1, 0.15) is 0 Å². The second kappa shape index (κ2) is 2.64. The Bertz CT molecular complexity index is 108. The van der Waals surface area contributed by atoms with E-state index in [0.717, 1.165) is 0 Å². The van der Waals surface area contributed by atoms with E-state index in [1.165, 1.54) is 7.05 Å². The number of allylic oxidation sites excluding steroid dienone is 1. The molecule has 0 aliphatic rings. The molecule has 0 bridgehead atoms. The zero-order valence-electron chi connectivity index (χ0n) is 3.98. The molecular formula is C4H6ClNO. The maximum Gasteiger partial charge on any atom is 0.164 e. The lowest BCUT2D eigenvalue weighted by Crippen LogP contribution is -1.88. The van der Waals surface area contributed by atoms with Crippen LogP contribution in [0, 0.1) is 0 Å². The third-order valence-electron chi connectivity index (χ3n) is 0.434. The molecule has 0 rings (SSSR count). The van der Waals surface area contributed by atoms with E-state index in [4.69, 9.17) is 16.7 Å². The summed E-state index contributed by atoms with van der Waals surface area (Å²) in [7, 11) is 1.48. The molecule has 0 aliphatic heterocycles. The Kier molecular flexibility index (Phi) is 2.45. The molecule has 2 nitrogen and oxygen atoms in total. The lowest BCUT2D eigenvalue weighted by Gasteiger charge is -1.86. The number of halogens is 1. The standard InChI is InChI=1S/C4H6ClNO/c1-3(7)4(5)6-2/h7H,1H2,2H3/b6-4+. The smallest absolute Gasteiger partial charge is 0.164 e. The third kappa shape index (κ3) is 2.23. The topological polar surface area (TPSA) is 32.6 Å². The summed E-state index contributed by atoms with van der Waals surface area (Å²) in [5.41, 5.74) is 0. The average molecular weight is 120 g/mol. The first-order valence-electron chi connectivity index (χ1n) is 1.69. The SMILES string of the molecule is C=C(O)/C(Cl)=N\C. The lowest BCUT2D eigenvalue weighted by molar-refractivity contribution is 0.448. The Morgan fingerprint density at radius 1 is 1.86 bits per heavy atom. The van der Waals surface area contributed by atoms with E-state index in [2.05, 4.69) is 11.6 Å². The lowest BCUT2D eigenvalue weighted by atomic mass is 10.6. The Morgan fingerprint density at radius 2 is 2.29 bits per heavy atom. The van der Waals surface area contributed by atoms with Crippen molar-refractivity contribution in [1.29, 1.82) is 0 Å². The molecule has 40 valence electrons. The summed E-state index contributed by atoms with van der Waals surface area (Å²) in [4.78, 5) is 3.42. The predicted molar refractivity (Wildman–Crippen MR) is 31.0 cm³/mol. The molecule has 0 saturated heterocycles. The van der Waals surface area contributed by atoms with Gasteiger partial charge in [-0.1, -0.05) is 18.2 Å². The third-order valence-corrected chi connectivity index (χ3v) is 0.822. The highest BCUT2D eigenvalue weighted by Crippen LogP contribution is 1.92. The van der Waals surface area contributed by atoms with Crippen molar-refractivity contribution in [3.8, 4) is 0 Å². The van der Waals surface area contributed by atoms with Gasteiger partial charge in [0.05, 0.1) is 0 Å². The van der Waals surface area contributed by atoms with E-state index in [0.29, 0.717) is 0 Å². The van der Waals surface area contributed by atoms with Gasteiger partial charge in [-0.05, 0) is 0 Å². The van der Waals surface area contributed by atoms with Gasteiger partial charge in [-0.25, -0.2) is 0 Å². The van der Waals surface area contributed by atoms with Gasteiger partial charge >= 0.3 is 0 Å². The summed E-state index contributed by atoms with van der Waals surface area (Å²) in [6.07, 6.45) is 0. The summed E-state index contributed by atoms with van der Waals surface area (Å²) < 4.78 is 0. The molecule has 0 saturated carbocycles. The number of aliphatic imine (C=N–C) groups is 1. The van der Waals surface area contributed by atoms with Crippen LogP contribution in [-0.2, 0) is 0 Å². The van der Waals surface area contributed by atoms with E-state index in [-0.39, 0.29) is 10.9 Å². The second-order valence-electron chi connectivity index (χ2n) is 0.961. The van der Waals surface area contributed by atoms with Crippen molar-refractivity contribution in [2.24, 2.45) is 4.99 Å². The minimum absolute atomic E-state index is 0.0556. The number of hydrogen-bond acceptors (Lipinski definition) is 2. The van der Waals surface area contributed by atoms with Gasteiger partial charge in [0.2, 0.25) is 0 Å². The normalized spacial score (nSPS) is 11.4. The van der Waals surface area contributed by atoms with Crippen molar-refractivity contribution in [2.45, 2.75) is 0 Å². The van der Waals surface area contributed by atoms with Crippen LogP contribution in [0.25, 0.3) is 0 Å². The minimum atomic E-state index is -0.191. The van der Waals surface area contributed by atoms with Gasteiger partial charge in [0.15, 0.2) is 5.17 Å². The summed E-state index contributed by atoms with van der Waals surface area (Å²) in [5, 5.41) is 8.42. The molecule has 0 aromatic rings. The van der Waals surface area contributed by atoms with Gasteiger partial charge in [0.25, 0.3) is 0 Å². The van der Waals surface area contributed by atoms with E-state index < -0.39 is 0 Å². The summed E-state index contributed by atoms with van der Waals surface area (Å²) in [5.74, 6) is -0.191. The number of rotatable bonds is 1. The molecule has 0 heterocycles. The Hall–Kier alpha value is -0.500. The maximum atomic E-state index is 8.36. The number of aliphatic hydroxyl groups is 1. The van der Waals surface area contributed by atoms with Gasteiger partial charge in [-0.2, -0.15) is 0 Å². The highest BCUT2D eigenvalue weighted by atomic mass is 35.5. The fourth-order valence-electron chi connectivity index (χ4n) is 0.129. The summed E-state index contributed by atoms with van der Waals surface area (Å²) in [6, 6.07) is 0. The highest BCUT2D eigenvalue weighted by molar-refractivity contribution is 6.69. The number of nitrogens with zero attached hydrogens (tertiary/aromatic N) is 1. The molecule has 0 spiro atoms. The molecule has 7 heavy (non-hydrogen) atoms. The van der Waals surface area contributed by atoms with Crippen molar-refractivity contribution < 1.29 is 5.11 Å². The van der Waals surface area contributed by atoms with Gasteiger partial charge in [-0.15, -0.1) is 0 Å². The molecule has 1 N–H and O–H groups in total. The quantitative estimate of drug-likeness (QED) is 0.410. The minimum Gasteiger partial charge on any atom is -0.505 e. The Labute approximate surface area is 47.1 Å². The molecular weight excluding hydrogens is 114 g/mol. The van der Waals surface area contributed by atoms with Gasteiger partial charge < -0.3 is 5.11 Å². The van der Waals surface area contributed by atoms with Gasteiger partial charge in [-0.3, -0.25) is 4.99 Å². The van der Waals surface area contributed by atoms with Crippen LogP contribution in [0.3, 0.4) is 0 Å². The molecule has 0 aromatic carbocycles. The maximum absolute atomic E-state index is 8.36. The zero-order chi connectivity index (χ0) is 5.86. The Balaban J connectivity index is 3.82. The Morgan fingerprint density at radius 3 is 2.29 bits per heavy atom. The average Bonchev–Trinajstić information content (AvgIpc) is 1.65. The van der Waals surface area contributed by atoms with Gasteiger partial charge in [0.1, 0.15) is 5.76 Å². The van der Waals surface area contributed by atoms with Crippen LogP contribution < -0.4 is 0 Å². The fraction of sp³-hybridized carbons (Fsp3) is 0.250. The largest absolute Gasteiger partial charge is 0.505 e. The van der Waals surface area contributed by atoms with Crippen LogP contribution in [0.4, 0.5) is 0 Å². The van der Waals surface area contributed by atoms with Crippen molar-refractivity contribution in [1.82, 2.24) is 0 Å². The van der Waals surface area contributed by atoms with E-state index in [1.807, 2.05) is 0 Å². The first-order chi connectivity index (χ1) is 3.18. The first-order valence-corrected chi connectivity index (χ1v) is 2.06. The van der Waals surface area contributed by atoms with Crippen molar-refractivity contribution in [3.05, 3.63) is 12.3 Å². The second-order valence-corrected chi connectivity index (χ2v) is 1.32. The molecule has 0 atom stereocenters. The molecule has 0 radical (unpaired) electrons. The van der Waals surface area contributed by atoms with Crippen LogP contribution in [0.2, 0.25) is 0 Å². The first kappa shape index (κ1) is 6.50. The number of hydrogen-bond donors (Lipinski definition) is 1.